The summed E-state index contributed by atoms with van der Waals surface area (Å²) in [4.78, 5) is 0. The van der Waals surface area contributed by atoms with Crippen molar-refractivity contribution in [1.29, 1.82) is 0 Å². The van der Waals surface area contributed by atoms with Gasteiger partial charge < -0.3 is 28.8 Å². The topological polar surface area (TPSA) is 72.2 Å². The van der Waals surface area contributed by atoms with Crippen LogP contribution in [-0.4, -0.2) is 60.5 Å². The van der Waals surface area contributed by atoms with Gasteiger partial charge in [-0.1, -0.05) is 177 Å². The fourth-order valence-corrected chi connectivity index (χ4v) is 9.75. The van der Waals surface area contributed by atoms with Gasteiger partial charge in [0.05, 0.1) is 44.2 Å². The van der Waals surface area contributed by atoms with Crippen LogP contribution in [-0.2, 0) is 29.7 Å². The summed E-state index contributed by atoms with van der Waals surface area (Å²) >= 11 is 0. The molecule has 1 aliphatic heterocycles. The van der Waals surface area contributed by atoms with Crippen molar-refractivity contribution < 1.29 is 23.1 Å². The molecule has 0 radical (unpaired) electrons. The van der Waals surface area contributed by atoms with Crippen LogP contribution in [0.5, 0.6) is 0 Å². The number of hydrogen-bond donors (Lipinski definition) is 1. The third-order valence-electron chi connectivity index (χ3n) is 13.4. The zero-order valence-corrected chi connectivity index (χ0v) is 39.9. The molecule has 8 heteroatoms. The summed E-state index contributed by atoms with van der Waals surface area (Å²) < 4.78 is 34.2. The number of benzene rings is 1. The molecule has 54 heavy (non-hydrogen) atoms. The Kier molecular flexibility index (Phi) is 21.8. The summed E-state index contributed by atoms with van der Waals surface area (Å²) in [5.74, 6) is 1.01. The third kappa shape index (κ3) is 16.7. The first-order valence-corrected chi connectivity index (χ1v) is 28.0. The van der Waals surface area contributed by atoms with E-state index in [-0.39, 0.29) is 46.6 Å². The van der Waals surface area contributed by atoms with Crippen molar-refractivity contribution in [2.45, 2.75) is 226 Å². The van der Waals surface area contributed by atoms with Crippen LogP contribution in [0.4, 0.5) is 0 Å². The molecular formula is C46H89NO5Si2. The van der Waals surface area contributed by atoms with E-state index in [2.05, 4.69) is 120 Å². The molecule has 1 fully saturated rings. The molecule has 1 heterocycles. The number of nitrogens with two attached hydrogens (primary N) is 1. The Hall–Kier alpha value is -0.586. The largest absolute Gasteiger partial charge is 0.411 e. The summed E-state index contributed by atoms with van der Waals surface area (Å²) in [6.45, 7) is 34.0. The molecule has 1 aromatic rings. The van der Waals surface area contributed by atoms with E-state index in [0.29, 0.717) is 31.7 Å². The maximum Gasteiger partial charge on any atom is 0.192 e. The first-order valence-electron chi connectivity index (χ1n) is 22.2. The predicted molar refractivity (Wildman–Crippen MR) is 236 cm³/mol. The Morgan fingerprint density at radius 1 is 0.685 bits per heavy atom. The monoisotopic (exact) mass is 792 g/mol. The van der Waals surface area contributed by atoms with Crippen LogP contribution in [0.2, 0.25) is 36.3 Å². The summed E-state index contributed by atoms with van der Waals surface area (Å²) in [6.07, 6.45) is 16.3. The number of hydrogen-bond acceptors (Lipinski definition) is 6. The van der Waals surface area contributed by atoms with E-state index < -0.39 is 16.6 Å². The SMILES string of the molecule is CCCCCCCCCCCCCC[C@@H](O[Si](C)(C)C(C)(C)C)[C@@H](O[Si](C)(C)C(C)(C)C)[C@@H](N)COC1OC(COCc2ccccc2)C(C)C(C)C1C. The lowest BCUT2D eigenvalue weighted by Gasteiger charge is -2.47. The molecule has 0 spiro atoms. The minimum Gasteiger partial charge on any atom is -0.411 e. The highest BCUT2D eigenvalue weighted by atomic mass is 28.4. The summed E-state index contributed by atoms with van der Waals surface area (Å²) in [7, 11) is -4.33. The standard InChI is InChI=1S/C46H89NO5Si2/c1-15-16-17-18-19-20-21-22-23-24-25-29-32-41(51-53(11,12)45(5,6)7)43(52-54(13,14)46(8,9)10)40(47)34-49-44-38(4)36(2)37(3)42(50-44)35-48-33-39-30-27-26-28-31-39/h26-28,30-31,36-38,40-44H,15-25,29,32-35,47H2,1-14H3/t36?,37?,38?,40-,41+,42?,43-,44?/m0/s1. The predicted octanol–water partition coefficient (Wildman–Crippen LogP) is 13.1. The zero-order valence-electron chi connectivity index (χ0n) is 37.9. The molecule has 316 valence electrons. The van der Waals surface area contributed by atoms with Crippen molar-refractivity contribution in [3.63, 3.8) is 0 Å². The Balaban J connectivity index is 2.16. The lowest BCUT2D eigenvalue weighted by atomic mass is 9.79. The van der Waals surface area contributed by atoms with Crippen molar-refractivity contribution in [2.24, 2.45) is 23.5 Å². The Labute approximate surface area is 337 Å². The maximum absolute atomic E-state index is 7.34. The van der Waals surface area contributed by atoms with Gasteiger partial charge in [-0.3, -0.25) is 0 Å². The van der Waals surface area contributed by atoms with Gasteiger partial charge in [-0.2, -0.15) is 0 Å². The quantitative estimate of drug-likeness (QED) is 0.0744. The summed E-state index contributed by atoms with van der Waals surface area (Å²) in [5, 5.41) is 0.128. The van der Waals surface area contributed by atoms with Crippen LogP contribution in [0.1, 0.15) is 158 Å². The molecule has 1 aliphatic rings. The summed E-state index contributed by atoms with van der Waals surface area (Å²) in [6, 6.07) is 10.0. The first-order chi connectivity index (χ1) is 25.2. The smallest absolute Gasteiger partial charge is 0.192 e. The van der Waals surface area contributed by atoms with Crippen LogP contribution >= 0.6 is 0 Å². The number of unbranched alkanes of at least 4 members (excludes halogenated alkanes) is 11. The van der Waals surface area contributed by atoms with Crippen LogP contribution < -0.4 is 5.73 Å². The van der Waals surface area contributed by atoms with Crippen molar-refractivity contribution in [3.8, 4) is 0 Å². The fraction of sp³-hybridized carbons (Fsp3) is 0.870. The van der Waals surface area contributed by atoms with Crippen LogP contribution in [0, 0.1) is 17.8 Å². The lowest BCUT2D eigenvalue weighted by Crippen LogP contribution is -2.58. The Morgan fingerprint density at radius 3 is 1.70 bits per heavy atom. The van der Waals surface area contributed by atoms with Crippen LogP contribution in [0.25, 0.3) is 0 Å². The van der Waals surface area contributed by atoms with E-state index in [1.807, 2.05) is 6.07 Å². The molecule has 6 nitrogen and oxygen atoms in total. The first kappa shape index (κ1) is 49.6. The number of rotatable bonds is 26. The van der Waals surface area contributed by atoms with Gasteiger partial charge in [0.15, 0.2) is 22.9 Å². The molecule has 2 N–H and O–H groups in total. The van der Waals surface area contributed by atoms with Crippen LogP contribution in [0.15, 0.2) is 30.3 Å². The van der Waals surface area contributed by atoms with Gasteiger partial charge in [0.1, 0.15) is 0 Å². The van der Waals surface area contributed by atoms with Crippen molar-refractivity contribution in [3.05, 3.63) is 35.9 Å². The van der Waals surface area contributed by atoms with E-state index in [4.69, 9.17) is 28.8 Å². The Bertz CT molecular complexity index is 1120. The normalized spacial score (nSPS) is 23.4. The second kappa shape index (κ2) is 23.7. The Morgan fingerprint density at radius 2 is 1.19 bits per heavy atom. The van der Waals surface area contributed by atoms with Crippen molar-refractivity contribution in [2.75, 3.05) is 13.2 Å². The van der Waals surface area contributed by atoms with Gasteiger partial charge in [0, 0.05) is 5.92 Å². The molecular weight excluding hydrogens is 703 g/mol. The van der Waals surface area contributed by atoms with E-state index >= 15 is 0 Å². The van der Waals surface area contributed by atoms with E-state index in [9.17, 15) is 0 Å². The minimum absolute atomic E-state index is 0.0409. The van der Waals surface area contributed by atoms with Gasteiger partial charge in [-0.05, 0) is 60.1 Å². The maximum atomic E-state index is 7.34. The minimum atomic E-state index is -2.20. The van der Waals surface area contributed by atoms with E-state index in [1.165, 1.54) is 76.2 Å². The second-order valence-corrected chi connectivity index (χ2v) is 29.6. The molecule has 8 atom stereocenters. The van der Waals surface area contributed by atoms with E-state index in [1.54, 1.807) is 0 Å². The molecule has 0 amide bonds. The average Bonchev–Trinajstić information content (AvgIpc) is 3.09. The molecule has 1 saturated heterocycles. The molecule has 5 unspecified atom stereocenters. The zero-order chi connectivity index (χ0) is 40.6. The van der Waals surface area contributed by atoms with E-state index in [0.717, 1.165) is 12.8 Å². The molecule has 0 aliphatic carbocycles. The van der Waals surface area contributed by atoms with Crippen molar-refractivity contribution >= 4 is 16.6 Å². The third-order valence-corrected chi connectivity index (χ3v) is 22.4. The van der Waals surface area contributed by atoms with Gasteiger partial charge in [0.2, 0.25) is 0 Å². The highest BCUT2D eigenvalue weighted by Crippen LogP contribution is 2.42. The second-order valence-electron chi connectivity index (χ2n) is 20.1. The molecule has 1 aromatic carbocycles. The van der Waals surface area contributed by atoms with Gasteiger partial charge in [-0.15, -0.1) is 0 Å². The van der Waals surface area contributed by atoms with Gasteiger partial charge in [-0.25, -0.2) is 0 Å². The molecule has 0 bridgehead atoms. The van der Waals surface area contributed by atoms with Crippen LogP contribution in [0.3, 0.4) is 0 Å². The molecule has 0 aromatic heterocycles. The highest BCUT2D eigenvalue weighted by Gasteiger charge is 2.47. The number of ether oxygens (including phenoxy) is 3. The molecule has 2 rings (SSSR count). The average molecular weight is 792 g/mol. The lowest BCUT2D eigenvalue weighted by molar-refractivity contribution is -0.260. The fourth-order valence-electron chi connectivity index (χ4n) is 7.02. The summed E-state index contributed by atoms with van der Waals surface area (Å²) in [5.41, 5.74) is 8.44. The van der Waals surface area contributed by atoms with Gasteiger partial charge in [0.25, 0.3) is 0 Å². The molecule has 0 saturated carbocycles. The van der Waals surface area contributed by atoms with Gasteiger partial charge >= 0.3 is 0 Å². The highest BCUT2D eigenvalue weighted by molar-refractivity contribution is 6.74. The van der Waals surface area contributed by atoms with Crippen molar-refractivity contribution in [1.82, 2.24) is 0 Å².